The van der Waals surface area contributed by atoms with Crippen LogP contribution in [0.2, 0.25) is 0 Å². The second kappa shape index (κ2) is 5.24. The molecule has 2 aliphatic rings. The lowest BCUT2D eigenvalue weighted by atomic mass is 10.3. The van der Waals surface area contributed by atoms with Crippen molar-refractivity contribution in [2.24, 2.45) is 12.0 Å². The van der Waals surface area contributed by atoms with Crippen LogP contribution in [0.4, 0.5) is 0 Å². The average molecular weight is 299 g/mol. The number of aromatic amines is 1. The van der Waals surface area contributed by atoms with Gasteiger partial charge in [0.1, 0.15) is 11.2 Å². The lowest BCUT2D eigenvalue weighted by molar-refractivity contribution is 0.251. The van der Waals surface area contributed by atoms with Gasteiger partial charge in [-0.1, -0.05) is 6.92 Å². The fourth-order valence-corrected chi connectivity index (χ4v) is 2.71. The molecule has 2 aromatic heterocycles. The Kier molecular flexibility index (Phi) is 3.22. The number of nitrogens with zero attached hydrogens (tertiary/aromatic N) is 5. The van der Waals surface area contributed by atoms with E-state index in [1.165, 1.54) is 12.8 Å². The molecule has 1 saturated carbocycles. The third-order valence-corrected chi connectivity index (χ3v) is 3.99. The Morgan fingerprint density at radius 1 is 1.41 bits per heavy atom. The number of fused-ring (bicyclic) bond motifs is 1. The van der Waals surface area contributed by atoms with Crippen molar-refractivity contribution in [2.45, 2.75) is 38.5 Å². The number of aromatic nitrogens is 4. The van der Waals surface area contributed by atoms with Gasteiger partial charge in [0.25, 0.3) is 0 Å². The zero-order valence-electron chi connectivity index (χ0n) is 13.0. The van der Waals surface area contributed by atoms with Gasteiger partial charge in [-0.2, -0.15) is 5.10 Å². The Labute approximate surface area is 128 Å². The molecule has 2 N–H and O–H groups in total. The van der Waals surface area contributed by atoms with Gasteiger partial charge in [0.2, 0.25) is 0 Å². The molecule has 0 bridgehead atoms. The summed E-state index contributed by atoms with van der Waals surface area (Å²) in [7, 11) is 1.90. The van der Waals surface area contributed by atoms with Gasteiger partial charge in [0.15, 0.2) is 11.8 Å². The number of hydrogen-bond acceptors (Lipinski definition) is 5. The summed E-state index contributed by atoms with van der Waals surface area (Å²) < 4.78 is 1.78. The highest BCUT2D eigenvalue weighted by molar-refractivity contribution is 5.52. The molecular formula is C15H21N7. The van der Waals surface area contributed by atoms with E-state index in [-0.39, 0.29) is 6.29 Å². The molecule has 0 amide bonds. The van der Waals surface area contributed by atoms with Crippen LogP contribution in [0.15, 0.2) is 17.4 Å². The van der Waals surface area contributed by atoms with Crippen LogP contribution in [0, 0.1) is 0 Å². The van der Waals surface area contributed by atoms with Gasteiger partial charge in [-0.25, -0.2) is 9.98 Å². The molecule has 1 aliphatic heterocycles. The first-order valence-corrected chi connectivity index (χ1v) is 7.89. The molecule has 0 aromatic carbocycles. The van der Waals surface area contributed by atoms with E-state index in [4.69, 9.17) is 4.99 Å². The molecule has 116 valence electrons. The van der Waals surface area contributed by atoms with E-state index in [2.05, 4.69) is 38.4 Å². The number of imidazole rings is 1. The summed E-state index contributed by atoms with van der Waals surface area (Å²) in [5.41, 5.74) is 1.76. The van der Waals surface area contributed by atoms with Crippen LogP contribution in [-0.4, -0.2) is 43.5 Å². The molecule has 0 radical (unpaired) electrons. The third-order valence-electron chi connectivity index (χ3n) is 3.99. The van der Waals surface area contributed by atoms with Gasteiger partial charge in [-0.3, -0.25) is 10.00 Å². The number of rotatable bonds is 5. The van der Waals surface area contributed by atoms with Gasteiger partial charge in [-0.05, 0) is 19.3 Å². The van der Waals surface area contributed by atoms with Crippen molar-refractivity contribution in [1.82, 2.24) is 30.0 Å². The minimum absolute atomic E-state index is 0.00463. The van der Waals surface area contributed by atoms with E-state index in [9.17, 15) is 0 Å². The molecule has 1 atom stereocenters. The normalized spacial score (nSPS) is 20.5. The Balaban J connectivity index is 1.71. The lowest BCUT2D eigenvalue weighted by Crippen LogP contribution is -2.50. The molecule has 1 unspecified atom stereocenters. The molecule has 3 heterocycles. The SMILES string of the molecule is CCCN1C=c2[nH]c(-c3cnn(C)c3)nc2=NC1NC1CC1. The van der Waals surface area contributed by atoms with Crippen molar-refractivity contribution in [3.8, 4) is 11.4 Å². The Morgan fingerprint density at radius 2 is 2.27 bits per heavy atom. The number of aryl methyl sites for hydroxylation is 1. The highest BCUT2D eigenvalue weighted by Crippen LogP contribution is 2.21. The van der Waals surface area contributed by atoms with Crippen LogP contribution in [0.1, 0.15) is 26.2 Å². The maximum atomic E-state index is 4.79. The fraction of sp³-hybridized carbons (Fsp3) is 0.533. The summed E-state index contributed by atoms with van der Waals surface area (Å²) >= 11 is 0. The van der Waals surface area contributed by atoms with Crippen LogP contribution in [-0.2, 0) is 7.05 Å². The average Bonchev–Trinajstić information content (AvgIpc) is 3.04. The van der Waals surface area contributed by atoms with Crippen LogP contribution < -0.4 is 16.2 Å². The molecule has 0 spiro atoms. The van der Waals surface area contributed by atoms with Gasteiger partial charge in [0.05, 0.1) is 11.8 Å². The predicted molar refractivity (Wildman–Crippen MR) is 83.0 cm³/mol. The molecule has 4 rings (SSSR count). The van der Waals surface area contributed by atoms with Gasteiger partial charge >= 0.3 is 0 Å². The summed E-state index contributed by atoms with van der Waals surface area (Å²) in [6.45, 7) is 3.17. The highest BCUT2D eigenvalue weighted by atomic mass is 15.4. The molecule has 1 aliphatic carbocycles. The summed E-state index contributed by atoms with van der Waals surface area (Å²) in [5.74, 6) is 0.821. The smallest absolute Gasteiger partial charge is 0.178 e. The van der Waals surface area contributed by atoms with E-state index in [1.807, 2.05) is 19.4 Å². The van der Waals surface area contributed by atoms with Crippen LogP contribution in [0.25, 0.3) is 17.6 Å². The standard InChI is InChI=1S/C15H21N7/c1-3-6-22-9-12-14(20-15(22)17-11-4-5-11)19-13(18-12)10-7-16-21(2)8-10/h7-9,11,15,17H,3-6H2,1-2H3,(H,18,19,20). The van der Waals surface area contributed by atoms with E-state index in [0.717, 1.165) is 35.2 Å². The molecule has 7 nitrogen and oxygen atoms in total. The molecule has 22 heavy (non-hydrogen) atoms. The van der Waals surface area contributed by atoms with Crippen molar-refractivity contribution >= 4 is 6.20 Å². The van der Waals surface area contributed by atoms with Crippen molar-refractivity contribution in [3.05, 3.63) is 23.2 Å². The third kappa shape index (κ3) is 2.52. The van der Waals surface area contributed by atoms with E-state index >= 15 is 0 Å². The topological polar surface area (TPSA) is 74.1 Å². The van der Waals surface area contributed by atoms with Crippen molar-refractivity contribution in [1.29, 1.82) is 0 Å². The second-order valence-electron chi connectivity index (χ2n) is 6.04. The van der Waals surface area contributed by atoms with Crippen LogP contribution in [0.5, 0.6) is 0 Å². The monoisotopic (exact) mass is 299 g/mol. The predicted octanol–water partition coefficient (Wildman–Crippen LogP) is -0.0710. The van der Waals surface area contributed by atoms with Crippen molar-refractivity contribution in [3.63, 3.8) is 0 Å². The molecule has 7 heteroatoms. The minimum Gasteiger partial charge on any atom is -0.342 e. The van der Waals surface area contributed by atoms with E-state index < -0.39 is 0 Å². The Bertz CT molecular complexity index is 783. The summed E-state index contributed by atoms with van der Waals surface area (Å²) in [6, 6.07) is 0.611. The first-order chi connectivity index (χ1) is 10.7. The summed E-state index contributed by atoms with van der Waals surface area (Å²) in [6.07, 6.45) is 9.50. The van der Waals surface area contributed by atoms with E-state index in [1.54, 1.807) is 4.68 Å². The quantitative estimate of drug-likeness (QED) is 0.810. The molecular weight excluding hydrogens is 278 g/mol. The van der Waals surface area contributed by atoms with Gasteiger partial charge in [-0.15, -0.1) is 0 Å². The summed E-state index contributed by atoms with van der Waals surface area (Å²) in [5, 5.41) is 8.75. The van der Waals surface area contributed by atoms with Gasteiger partial charge < -0.3 is 9.88 Å². The molecule has 1 fully saturated rings. The zero-order valence-corrected chi connectivity index (χ0v) is 13.0. The highest BCUT2D eigenvalue weighted by Gasteiger charge is 2.28. The van der Waals surface area contributed by atoms with Gasteiger partial charge in [0, 0.05) is 32.0 Å². The fourth-order valence-electron chi connectivity index (χ4n) is 2.71. The Hall–Kier alpha value is -2.15. The van der Waals surface area contributed by atoms with Crippen molar-refractivity contribution < 1.29 is 0 Å². The maximum absolute atomic E-state index is 4.79. The first-order valence-electron chi connectivity index (χ1n) is 7.89. The molecule has 2 aromatic rings. The van der Waals surface area contributed by atoms with Crippen LogP contribution >= 0.6 is 0 Å². The second-order valence-corrected chi connectivity index (χ2v) is 6.04. The molecule has 0 saturated heterocycles. The van der Waals surface area contributed by atoms with E-state index in [0.29, 0.717) is 6.04 Å². The zero-order chi connectivity index (χ0) is 15.1. The largest absolute Gasteiger partial charge is 0.342 e. The Morgan fingerprint density at radius 3 is 2.95 bits per heavy atom. The summed E-state index contributed by atoms with van der Waals surface area (Å²) in [4.78, 5) is 15.0. The number of nitrogens with one attached hydrogen (secondary N) is 2. The first kappa shape index (κ1) is 13.5. The maximum Gasteiger partial charge on any atom is 0.178 e. The minimum atomic E-state index is 0.00463. The number of hydrogen-bond donors (Lipinski definition) is 2. The van der Waals surface area contributed by atoms with Crippen LogP contribution in [0.3, 0.4) is 0 Å². The lowest BCUT2D eigenvalue weighted by Gasteiger charge is -2.29. The number of H-pyrrole nitrogens is 1. The van der Waals surface area contributed by atoms with Crippen molar-refractivity contribution in [2.75, 3.05) is 6.54 Å².